The molecule has 0 spiro atoms. The number of hydrogen-bond acceptors (Lipinski definition) is 4. The van der Waals surface area contributed by atoms with E-state index < -0.39 is 0 Å². The first-order valence-electron chi connectivity index (χ1n) is 4.36. The highest BCUT2D eigenvalue weighted by Gasteiger charge is 2.03. The molecule has 1 rings (SSSR count). The highest BCUT2D eigenvalue weighted by molar-refractivity contribution is 4.90. The lowest BCUT2D eigenvalue weighted by Gasteiger charge is -2.10. The van der Waals surface area contributed by atoms with Gasteiger partial charge in [0.1, 0.15) is 5.76 Å². The summed E-state index contributed by atoms with van der Waals surface area (Å²) in [5.74, 6) is 1.57. The van der Waals surface area contributed by atoms with Crippen molar-refractivity contribution in [1.29, 1.82) is 0 Å². The maximum Gasteiger partial charge on any atom is 0.208 e. The van der Waals surface area contributed by atoms with Crippen LogP contribution in [0.3, 0.4) is 0 Å². The van der Waals surface area contributed by atoms with Crippen LogP contribution in [0.5, 0.6) is 0 Å². The zero-order valence-corrected chi connectivity index (χ0v) is 8.33. The molecule has 0 radical (unpaired) electrons. The second-order valence-electron chi connectivity index (χ2n) is 3.10. The lowest BCUT2D eigenvalue weighted by molar-refractivity contribution is 0.170. The van der Waals surface area contributed by atoms with Crippen LogP contribution in [0, 0.1) is 6.92 Å². The van der Waals surface area contributed by atoms with Gasteiger partial charge in [0.05, 0.1) is 19.3 Å². The van der Waals surface area contributed by atoms with Crippen LogP contribution in [0.15, 0.2) is 10.6 Å². The Morgan fingerprint density at radius 1 is 1.69 bits per heavy atom. The van der Waals surface area contributed by atoms with E-state index in [4.69, 9.17) is 9.15 Å². The maximum absolute atomic E-state index is 5.30. The second-order valence-corrected chi connectivity index (χ2v) is 3.10. The molecule has 1 atom stereocenters. The summed E-state index contributed by atoms with van der Waals surface area (Å²) in [5.41, 5.74) is 0. The van der Waals surface area contributed by atoms with Crippen molar-refractivity contribution in [3.63, 3.8) is 0 Å². The molecule has 74 valence electrons. The predicted octanol–water partition coefficient (Wildman–Crippen LogP) is 1.11. The van der Waals surface area contributed by atoms with E-state index >= 15 is 0 Å². The Balaban J connectivity index is 2.26. The van der Waals surface area contributed by atoms with Crippen molar-refractivity contribution in [2.75, 3.05) is 13.7 Å². The summed E-state index contributed by atoms with van der Waals surface area (Å²) in [7, 11) is 1.69. The van der Waals surface area contributed by atoms with Crippen LogP contribution in [-0.2, 0) is 11.3 Å². The van der Waals surface area contributed by atoms with Gasteiger partial charge in [0, 0.05) is 13.2 Å². The van der Waals surface area contributed by atoms with Crippen molar-refractivity contribution in [1.82, 2.24) is 10.3 Å². The van der Waals surface area contributed by atoms with Gasteiger partial charge in [-0.3, -0.25) is 0 Å². The van der Waals surface area contributed by atoms with Gasteiger partial charge < -0.3 is 14.5 Å². The van der Waals surface area contributed by atoms with Gasteiger partial charge in [0.25, 0.3) is 0 Å². The van der Waals surface area contributed by atoms with E-state index in [0.717, 1.165) is 11.7 Å². The van der Waals surface area contributed by atoms with Crippen LogP contribution in [0.1, 0.15) is 18.6 Å². The topological polar surface area (TPSA) is 47.3 Å². The first-order chi connectivity index (χ1) is 6.22. The first-order valence-corrected chi connectivity index (χ1v) is 4.36. The zero-order valence-electron chi connectivity index (χ0n) is 8.33. The fourth-order valence-electron chi connectivity index (χ4n) is 1.05. The fourth-order valence-corrected chi connectivity index (χ4v) is 1.05. The van der Waals surface area contributed by atoms with Gasteiger partial charge >= 0.3 is 0 Å². The minimum Gasteiger partial charge on any atom is -0.445 e. The normalized spacial score (nSPS) is 13.2. The third kappa shape index (κ3) is 3.57. The predicted molar refractivity (Wildman–Crippen MR) is 49.4 cm³/mol. The molecule has 1 aromatic heterocycles. The summed E-state index contributed by atoms with van der Waals surface area (Å²) in [5, 5.41) is 3.23. The largest absolute Gasteiger partial charge is 0.445 e. The number of nitrogens with zero attached hydrogens (tertiary/aromatic N) is 1. The zero-order chi connectivity index (χ0) is 9.68. The van der Waals surface area contributed by atoms with Gasteiger partial charge in [-0.05, 0) is 13.8 Å². The van der Waals surface area contributed by atoms with Crippen LogP contribution in [0.2, 0.25) is 0 Å². The van der Waals surface area contributed by atoms with Crippen LogP contribution in [0.4, 0.5) is 0 Å². The van der Waals surface area contributed by atoms with Crippen molar-refractivity contribution in [2.45, 2.75) is 26.4 Å². The van der Waals surface area contributed by atoms with E-state index in [0.29, 0.717) is 19.2 Å². The molecule has 0 bridgehead atoms. The molecule has 1 N–H and O–H groups in total. The number of methoxy groups -OCH3 is 1. The minimum atomic E-state index is 0.317. The summed E-state index contributed by atoms with van der Waals surface area (Å²) in [6.07, 6.45) is 1.72. The Bertz CT molecular complexity index is 248. The van der Waals surface area contributed by atoms with Gasteiger partial charge in [0.15, 0.2) is 0 Å². The summed E-state index contributed by atoms with van der Waals surface area (Å²) >= 11 is 0. The SMILES string of the molecule is COCC(C)NCc1ncc(C)o1. The van der Waals surface area contributed by atoms with Crippen LogP contribution >= 0.6 is 0 Å². The lowest BCUT2D eigenvalue weighted by atomic mass is 10.3. The van der Waals surface area contributed by atoms with E-state index in [1.54, 1.807) is 13.3 Å². The Labute approximate surface area is 78.3 Å². The number of hydrogen-bond donors (Lipinski definition) is 1. The van der Waals surface area contributed by atoms with Crippen molar-refractivity contribution >= 4 is 0 Å². The number of oxazole rings is 1. The Morgan fingerprint density at radius 3 is 3.00 bits per heavy atom. The molecule has 13 heavy (non-hydrogen) atoms. The molecule has 0 fully saturated rings. The molecule has 4 nitrogen and oxygen atoms in total. The van der Waals surface area contributed by atoms with E-state index in [1.807, 2.05) is 6.92 Å². The molecule has 0 amide bonds. The molecule has 0 saturated heterocycles. The monoisotopic (exact) mass is 184 g/mol. The molecule has 0 aromatic carbocycles. The molecular formula is C9H16N2O2. The fraction of sp³-hybridized carbons (Fsp3) is 0.667. The highest BCUT2D eigenvalue weighted by atomic mass is 16.5. The maximum atomic E-state index is 5.30. The molecule has 1 unspecified atom stereocenters. The van der Waals surface area contributed by atoms with Crippen LogP contribution < -0.4 is 5.32 Å². The Hall–Kier alpha value is -0.870. The number of nitrogens with one attached hydrogen (secondary N) is 1. The van der Waals surface area contributed by atoms with Gasteiger partial charge in [-0.2, -0.15) is 0 Å². The third-order valence-electron chi connectivity index (χ3n) is 1.69. The number of rotatable bonds is 5. The number of aryl methyl sites for hydroxylation is 1. The number of ether oxygens (including phenoxy) is 1. The first kappa shape index (κ1) is 10.2. The number of aromatic nitrogens is 1. The standard InChI is InChI=1S/C9H16N2O2/c1-7(6-12-3)10-5-9-11-4-8(2)13-9/h4,7,10H,5-6H2,1-3H3. The quantitative estimate of drug-likeness (QED) is 0.744. The summed E-state index contributed by atoms with van der Waals surface area (Å²) < 4.78 is 10.3. The van der Waals surface area contributed by atoms with Crippen LogP contribution in [0.25, 0.3) is 0 Å². The molecular weight excluding hydrogens is 168 g/mol. The second kappa shape index (κ2) is 4.99. The summed E-state index contributed by atoms with van der Waals surface area (Å²) in [4.78, 5) is 4.08. The minimum absolute atomic E-state index is 0.317. The molecule has 4 heteroatoms. The molecule has 0 saturated carbocycles. The van der Waals surface area contributed by atoms with E-state index in [2.05, 4.69) is 17.2 Å². The average molecular weight is 184 g/mol. The molecule has 0 aliphatic rings. The van der Waals surface area contributed by atoms with Crippen LogP contribution in [-0.4, -0.2) is 24.7 Å². The van der Waals surface area contributed by atoms with Gasteiger partial charge in [-0.25, -0.2) is 4.98 Å². The molecule has 0 aliphatic carbocycles. The third-order valence-corrected chi connectivity index (χ3v) is 1.69. The summed E-state index contributed by atoms with van der Waals surface area (Å²) in [6.45, 7) is 5.28. The van der Waals surface area contributed by atoms with E-state index in [9.17, 15) is 0 Å². The highest BCUT2D eigenvalue weighted by Crippen LogP contribution is 2.00. The van der Waals surface area contributed by atoms with E-state index in [-0.39, 0.29) is 0 Å². The summed E-state index contributed by atoms with van der Waals surface area (Å²) in [6, 6.07) is 0.317. The van der Waals surface area contributed by atoms with Gasteiger partial charge in [-0.15, -0.1) is 0 Å². The van der Waals surface area contributed by atoms with Crippen molar-refractivity contribution in [3.8, 4) is 0 Å². The lowest BCUT2D eigenvalue weighted by Crippen LogP contribution is -2.29. The van der Waals surface area contributed by atoms with Gasteiger partial charge in [-0.1, -0.05) is 0 Å². The van der Waals surface area contributed by atoms with E-state index in [1.165, 1.54) is 0 Å². The molecule has 1 aromatic rings. The van der Waals surface area contributed by atoms with Crippen molar-refractivity contribution in [2.24, 2.45) is 0 Å². The Morgan fingerprint density at radius 2 is 2.46 bits per heavy atom. The van der Waals surface area contributed by atoms with Gasteiger partial charge in [0.2, 0.25) is 5.89 Å². The average Bonchev–Trinajstić information content (AvgIpc) is 2.49. The van der Waals surface area contributed by atoms with Crippen molar-refractivity contribution < 1.29 is 9.15 Å². The Kier molecular flexibility index (Phi) is 3.92. The smallest absolute Gasteiger partial charge is 0.208 e. The molecule has 1 heterocycles. The van der Waals surface area contributed by atoms with Crippen molar-refractivity contribution in [3.05, 3.63) is 17.8 Å². The molecule has 0 aliphatic heterocycles.